The van der Waals surface area contributed by atoms with Gasteiger partial charge in [0.2, 0.25) is 5.91 Å². The number of halogens is 1. The van der Waals surface area contributed by atoms with Gasteiger partial charge in [-0.05, 0) is 32.0 Å². The number of nitrogens with two attached hydrogens (primary N) is 1. The standard InChI is InChI=1S/C11H13FN2O3/c1-11(2,13)10(17)14-8-4-3-6(9(15)16)5-7(8)12/h3-5H,13H2,1-2H3,(H,14,17)(H,15,16). The van der Waals surface area contributed by atoms with E-state index in [9.17, 15) is 14.0 Å². The smallest absolute Gasteiger partial charge is 0.335 e. The van der Waals surface area contributed by atoms with Crippen LogP contribution in [0.1, 0.15) is 24.2 Å². The van der Waals surface area contributed by atoms with Crippen molar-refractivity contribution in [3.8, 4) is 0 Å². The van der Waals surface area contributed by atoms with Crippen LogP contribution in [0.5, 0.6) is 0 Å². The van der Waals surface area contributed by atoms with E-state index in [-0.39, 0.29) is 11.3 Å². The average Bonchev–Trinajstić information content (AvgIpc) is 2.19. The zero-order valence-electron chi connectivity index (χ0n) is 9.45. The first-order valence-electron chi connectivity index (χ1n) is 4.85. The van der Waals surface area contributed by atoms with Crippen molar-refractivity contribution in [2.45, 2.75) is 19.4 Å². The van der Waals surface area contributed by atoms with Gasteiger partial charge in [0.1, 0.15) is 5.82 Å². The summed E-state index contributed by atoms with van der Waals surface area (Å²) in [7, 11) is 0. The molecule has 1 amide bonds. The monoisotopic (exact) mass is 240 g/mol. The minimum Gasteiger partial charge on any atom is -0.478 e. The molecule has 0 bridgehead atoms. The average molecular weight is 240 g/mol. The Morgan fingerprint density at radius 2 is 2.00 bits per heavy atom. The summed E-state index contributed by atoms with van der Waals surface area (Å²) in [5, 5.41) is 10.9. The Hall–Kier alpha value is -1.95. The molecular formula is C11H13FN2O3. The highest BCUT2D eigenvalue weighted by Crippen LogP contribution is 2.17. The lowest BCUT2D eigenvalue weighted by Gasteiger charge is -2.18. The van der Waals surface area contributed by atoms with E-state index < -0.39 is 23.2 Å². The van der Waals surface area contributed by atoms with Gasteiger partial charge in [-0.3, -0.25) is 4.79 Å². The number of amides is 1. The molecule has 0 atom stereocenters. The zero-order valence-corrected chi connectivity index (χ0v) is 9.45. The number of nitrogens with one attached hydrogen (secondary N) is 1. The summed E-state index contributed by atoms with van der Waals surface area (Å²) in [4.78, 5) is 22.1. The maximum Gasteiger partial charge on any atom is 0.335 e. The fraction of sp³-hybridized carbons (Fsp3) is 0.273. The molecule has 0 aliphatic heterocycles. The quantitative estimate of drug-likeness (QED) is 0.740. The number of carboxylic acid groups (broad SMARTS) is 1. The fourth-order valence-electron chi connectivity index (χ4n) is 1.03. The molecule has 0 spiro atoms. The van der Waals surface area contributed by atoms with E-state index in [1.54, 1.807) is 0 Å². The minimum absolute atomic E-state index is 0.0986. The van der Waals surface area contributed by atoms with Crippen molar-refractivity contribution in [2.24, 2.45) is 5.73 Å². The van der Waals surface area contributed by atoms with Gasteiger partial charge in [-0.25, -0.2) is 9.18 Å². The normalized spacial score (nSPS) is 11.1. The first-order valence-corrected chi connectivity index (χ1v) is 4.85. The number of benzene rings is 1. The number of carbonyl (C=O) groups excluding carboxylic acids is 1. The predicted molar refractivity (Wildman–Crippen MR) is 60.3 cm³/mol. The van der Waals surface area contributed by atoms with Gasteiger partial charge in [-0.15, -0.1) is 0 Å². The molecule has 17 heavy (non-hydrogen) atoms. The molecule has 1 aromatic carbocycles. The van der Waals surface area contributed by atoms with Crippen molar-refractivity contribution < 1.29 is 19.1 Å². The Bertz CT molecular complexity index is 466. The summed E-state index contributed by atoms with van der Waals surface area (Å²) in [5.74, 6) is -2.61. The Labute approximate surface area is 97.4 Å². The first kappa shape index (κ1) is 13.1. The van der Waals surface area contributed by atoms with E-state index in [0.717, 1.165) is 6.07 Å². The summed E-state index contributed by atoms with van der Waals surface area (Å²) in [6.45, 7) is 2.96. The highest BCUT2D eigenvalue weighted by molar-refractivity contribution is 5.98. The topological polar surface area (TPSA) is 92.4 Å². The Morgan fingerprint density at radius 1 is 1.41 bits per heavy atom. The van der Waals surface area contributed by atoms with Crippen molar-refractivity contribution in [1.82, 2.24) is 0 Å². The van der Waals surface area contributed by atoms with Gasteiger partial charge in [0.15, 0.2) is 0 Å². The molecule has 5 nitrogen and oxygen atoms in total. The Kier molecular flexibility index (Phi) is 3.47. The molecule has 0 radical (unpaired) electrons. The highest BCUT2D eigenvalue weighted by atomic mass is 19.1. The van der Waals surface area contributed by atoms with Gasteiger partial charge in [0.05, 0.1) is 16.8 Å². The molecule has 6 heteroatoms. The van der Waals surface area contributed by atoms with E-state index in [0.29, 0.717) is 0 Å². The van der Waals surface area contributed by atoms with E-state index in [2.05, 4.69) is 5.32 Å². The van der Waals surface area contributed by atoms with Crippen molar-refractivity contribution in [3.05, 3.63) is 29.6 Å². The van der Waals surface area contributed by atoms with Crippen LogP contribution < -0.4 is 11.1 Å². The number of anilines is 1. The molecule has 0 aliphatic carbocycles. The van der Waals surface area contributed by atoms with Crippen molar-refractivity contribution in [2.75, 3.05) is 5.32 Å². The Balaban J connectivity index is 2.95. The van der Waals surface area contributed by atoms with Crippen LogP contribution in [0, 0.1) is 5.82 Å². The number of carbonyl (C=O) groups is 2. The minimum atomic E-state index is -1.24. The van der Waals surface area contributed by atoms with Crippen LogP contribution in [-0.4, -0.2) is 22.5 Å². The fourth-order valence-corrected chi connectivity index (χ4v) is 1.03. The molecule has 0 fully saturated rings. The highest BCUT2D eigenvalue weighted by Gasteiger charge is 2.23. The largest absolute Gasteiger partial charge is 0.478 e. The van der Waals surface area contributed by atoms with Gasteiger partial charge in [0, 0.05) is 0 Å². The number of hydrogen-bond donors (Lipinski definition) is 3. The van der Waals surface area contributed by atoms with Gasteiger partial charge in [-0.2, -0.15) is 0 Å². The van der Waals surface area contributed by atoms with Crippen LogP contribution in [0.2, 0.25) is 0 Å². The molecule has 1 aromatic rings. The van der Waals surface area contributed by atoms with Gasteiger partial charge < -0.3 is 16.2 Å². The summed E-state index contributed by atoms with van der Waals surface area (Å²) in [6.07, 6.45) is 0. The van der Waals surface area contributed by atoms with Crippen LogP contribution in [0.15, 0.2) is 18.2 Å². The number of hydrogen-bond acceptors (Lipinski definition) is 3. The number of carboxylic acids is 1. The Morgan fingerprint density at radius 3 is 2.41 bits per heavy atom. The molecule has 0 unspecified atom stereocenters. The molecule has 92 valence electrons. The van der Waals surface area contributed by atoms with E-state index in [4.69, 9.17) is 10.8 Å². The molecule has 0 heterocycles. The number of rotatable bonds is 3. The first-order chi connectivity index (χ1) is 7.71. The third-order valence-corrected chi connectivity index (χ3v) is 2.05. The van der Waals surface area contributed by atoms with Crippen LogP contribution in [0.3, 0.4) is 0 Å². The maximum atomic E-state index is 13.4. The van der Waals surface area contributed by atoms with Crippen LogP contribution >= 0.6 is 0 Å². The molecule has 0 aromatic heterocycles. The molecule has 0 saturated heterocycles. The van der Waals surface area contributed by atoms with E-state index >= 15 is 0 Å². The lowest BCUT2D eigenvalue weighted by Crippen LogP contribution is -2.45. The van der Waals surface area contributed by atoms with Crippen molar-refractivity contribution >= 4 is 17.6 Å². The predicted octanol–water partition coefficient (Wildman–Crippen LogP) is 1.20. The molecule has 4 N–H and O–H groups in total. The third kappa shape index (κ3) is 3.25. The van der Waals surface area contributed by atoms with Gasteiger partial charge in [0.25, 0.3) is 0 Å². The molecule has 0 aliphatic rings. The van der Waals surface area contributed by atoms with E-state index in [1.807, 2.05) is 0 Å². The lowest BCUT2D eigenvalue weighted by molar-refractivity contribution is -0.120. The van der Waals surface area contributed by atoms with Gasteiger partial charge in [-0.1, -0.05) is 0 Å². The van der Waals surface area contributed by atoms with Crippen molar-refractivity contribution in [1.29, 1.82) is 0 Å². The summed E-state index contributed by atoms with van der Waals surface area (Å²) < 4.78 is 13.4. The van der Waals surface area contributed by atoms with Crippen LogP contribution in [-0.2, 0) is 4.79 Å². The second-order valence-corrected chi connectivity index (χ2v) is 4.18. The zero-order chi connectivity index (χ0) is 13.2. The summed E-state index contributed by atoms with van der Waals surface area (Å²) in [5.41, 5.74) is 4.10. The number of aromatic carboxylic acids is 1. The molecule has 0 saturated carbocycles. The van der Waals surface area contributed by atoms with E-state index in [1.165, 1.54) is 26.0 Å². The summed E-state index contributed by atoms with van der Waals surface area (Å²) >= 11 is 0. The molecule has 1 rings (SSSR count). The molecular weight excluding hydrogens is 227 g/mol. The maximum absolute atomic E-state index is 13.4. The van der Waals surface area contributed by atoms with Crippen LogP contribution in [0.4, 0.5) is 10.1 Å². The lowest BCUT2D eigenvalue weighted by atomic mass is 10.1. The second-order valence-electron chi connectivity index (χ2n) is 4.18. The summed E-state index contributed by atoms with van der Waals surface area (Å²) in [6, 6.07) is 3.22. The van der Waals surface area contributed by atoms with Gasteiger partial charge >= 0.3 is 5.97 Å². The third-order valence-electron chi connectivity index (χ3n) is 2.05. The SMILES string of the molecule is CC(C)(N)C(=O)Nc1ccc(C(=O)O)cc1F. The van der Waals surface area contributed by atoms with Crippen LogP contribution in [0.25, 0.3) is 0 Å². The van der Waals surface area contributed by atoms with Crippen molar-refractivity contribution in [3.63, 3.8) is 0 Å². The second kappa shape index (κ2) is 4.50.